The Hall–Kier alpha value is -0.900. The molecule has 0 fully saturated rings. The Balaban J connectivity index is 2.82. The first kappa shape index (κ1) is 11.2. The quantitative estimate of drug-likeness (QED) is 0.730. The second kappa shape index (κ2) is 5.75. The van der Waals surface area contributed by atoms with E-state index in [-0.39, 0.29) is 6.04 Å². The third-order valence-electron chi connectivity index (χ3n) is 2.21. The lowest BCUT2D eigenvalue weighted by atomic mass is 9.99. The van der Waals surface area contributed by atoms with E-state index in [0.717, 1.165) is 12.0 Å². The standard InChI is InChI=1S/C11H18N2O/c1-14-8-11(13)10-5-3-2-4-9(10)6-7-12/h2-5,11H,6-8,12-13H2,1H3/t11-/m1/s1. The molecule has 1 aromatic carbocycles. The first-order chi connectivity index (χ1) is 6.79. The number of hydrogen-bond acceptors (Lipinski definition) is 3. The summed E-state index contributed by atoms with van der Waals surface area (Å²) in [7, 11) is 1.66. The molecule has 0 spiro atoms. The van der Waals surface area contributed by atoms with Gasteiger partial charge >= 0.3 is 0 Å². The summed E-state index contributed by atoms with van der Waals surface area (Å²) < 4.78 is 5.03. The molecule has 0 unspecified atom stereocenters. The van der Waals surface area contributed by atoms with Crippen molar-refractivity contribution in [2.24, 2.45) is 11.5 Å². The van der Waals surface area contributed by atoms with Gasteiger partial charge in [-0.25, -0.2) is 0 Å². The van der Waals surface area contributed by atoms with Gasteiger partial charge in [0.15, 0.2) is 0 Å². The Morgan fingerprint density at radius 2 is 2.07 bits per heavy atom. The van der Waals surface area contributed by atoms with E-state index in [1.807, 2.05) is 18.2 Å². The highest BCUT2D eigenvalue weighted by molar-refractivity contribution is 5.30. The van der Waals surface area contributed by atoms with Crippen molar-refractivity contribution < 1.29 is 4.74 Å². The Kier molecular flexibility index (Phi) is 4.59. The van der Waals surface area contributed by atoms with Crippen LogP contribution < -0.4 is 11.5 Å². The number of methoxy groups -OCH3 is 1. The minimum atomic E-state index is -0.0530. The molecule has 0 saturated heterocycles. The highest BCUT2D eigenvalue weighted by Gasteiger charge is 2.09. The predicted octanol–water partition coefficient (Wildman–Crippen LogP) is 0.834. The van der Waals surface area contributed by atoms with E-state index in [1.165, 1.54) is 5.56 Å². The largest absolute Gasteiger partial charge is 0.383 e. The van der Waals surface area contributed by atoms with Crippen LogP contribution in [0, 0.1) is 0 Å². The molecule has 78 valence electrons. The fourth-order valence-electron chi connectivity index (χ4n) is 1.55. The average Bonchev–Trinajstić information content (AvgIpc) is 2.19. The van der Waals surface area contributed by atoms with Crippen molar-refractivity contribution in [1.82, 2.24) is 0 Å². The zero-order valence-corrected chi connectivity index (χ0v) is 8.57. The van der Waals surface area contributed by atoms with E-state index in [0.29, 0.717) is 13.2 Å². The van der Waals surface area contributed by atoms with Crippen molar-refractivity contribution in [3.05, 3.63) is 35.4 Å². The second-order valence-corrected chi connectivity index (χ2v) is 3.30. The Labute approximate surface area is 85.0 Å². The monoisotopic (exact) mass is 194 g/mol. The van der Waals surface area contributed by atoms with Crippen LogP contribution in [0.15, 0.2) is 24.3 Å². The molecule has 0 radical (unpaired) electrons. The van der Waals surface area contributed by atoms with Crippen LogP contribution in [0.25, 0.3) is 0 Å². The highest BCUT2D eigenvalue weighted by atomic mass is 16.5. The maximum absolute atomic E-state index is 5.97. The normalized spacial score (nSPS) is 12.8. The summed E-state index contributed by atoms with van der Waals surface area (Å²) in [6, 6.07) is 8.05. The summed E-state index contributed by atoms with van der Waals surface area (Å²) in [5.74, 6) is 0. The smallest absolute Gasteiger partial charge is 0.0655 e. The zero-order valence-electron chi connectivity index (χ0n) is 8.57. The van der Waals surface area contributed by atoms with Crippen molar-refractivity contribution in [2.75, 3.05) is 20.3 Å². The third-order valence-corrected chi connectivity index (χ3v) is 2.21. The van der Waals surface area contributed by atoms with Gasteiger partial charge in [-0.2, -0.15) is 0 Å². The fraction of sp³-hybridized carbons (Fsp3) is 0.455. The molecule has 0 aliphatic carbocycles. The Bertz CT molecular complexity index is 276. The molecule has 1 rings (SSSR count). The number of hydrogen-bond donors (Lipinski definition) is 2. The molecule has 0 heterocycles. The molecule has 0 amide bonds. The minimum absolute atomic E-state index is 0.0530. The lowest BCUT2D eigenvalue weighted by Gasteiger charge is -2.15. The van der Waals surface area contributed by atoms with Gasteiger partial charge in [-0.3, -0.25) is 0 Å². The van der Waals surface area contributed by atoms with Crippen molar-refractivity contribution in [3.63, 3.8) is 0 Å². The van der Waals surface area contributed by atoms with Gasteiger partial charge in [0.1, 0.15) is 0 Å². The SMILES string of the molecule is COC[C@@H](N)c1ccccc1CCN. The van der Waals surface area contributed by atoms with Gasteiger partial charge in [0, 0.05) is 7.11 Å². The molecule has 3 nitrogen and oxygen atoms in total. The van der Waals surface area contributed by atoms with Crippen LogP contribution in [0.2, 0.25) is 0 Å². The Morgan fingerprint density at radius 3 is 2.71 bits per heavy atom. The summed E-state index contributed by atoms with van der Waals surface area (Å²) in [5, 5.41) is 0. The van der Waals surface area contributed by atoms with Crippen molar-refractivity contribution in [2.45, 2.75) is 12.5 Å². The molecule has 0 aromatic heterocycles. The number of benzene rings is 1. The maximum atomic E-state index is 5.97. The molecule has 3 heteroatoms. The lowest BCUT2D eigenvalue weighted by molar-refractivity contribution is 0.180. The summed E-state index contributed by atoms with van der Waals surface area (Å²) in [6.45, 7) is 1.19. The molecular formula is C11H18N2O. The maximum Gasteiger partial charge on any atom is 0.0655 e. The van der Waals surface area contributed by atoms with Crippen LogP contribution in [0.3, 0.4) is 0 Å². The number of rotatable bonds is 5. The summed E-state index contributed by atoms with van der Waals surface area (Å²) in [6.07, 6.45) is 0.869. The molecule has 0 bridgehead atoms. The van der Waals surface area contributed by atoms with E-state index < -0.39 is 0 Å². The van der Waals surface area contributed by atoms with Gasteiger partial charge in [-0.05, 0) is 24.1 Å². The lowest BCUT2D eigenvalue weighted by Crippen LogP contribution is -2.18. The molecule has 0 saturated carbocycles. The first-order valence-corrected chi connectivity index (χ1v) is 4.82. The van der Waals surface area contributed by atoms with Crippen molar-refractivity contribution in [3.8, 4) is 0 Å². The first-order valence-electron chi connectivity index (χ1n) is 4.82. The summed E-state index contributed by atoms with van der Waals surface area (Å²) in [4.78, 5) is 0. The van der Waals surface area contributed by atoms with Crippen LogP contribution in [0.5, 0.6) is 0 Å². The van der Waals surface area contributed by atoms with Crippen LogP contribution in [-0.4, -0.2) is 20.3 Å². The van der Waals surface area contributed by atoms with E-state index in [1.54, 1.807) is 7.11 Å². The molecule has 1 aromatic rings. The highest BCUT2D eigenvalue weighted by Crippen LogP contribution is 2.16. The van der Waals surface area contributed by atoms with E-state index in [2.05, 4.69) is 6.07 Å². The van der Waals surface area contributed by atoms with Gasteiger partial charge in [0.25, 0.3) is 0 Å². The minimum Gasteiger partial charge on any atom is -0.383 e. The molecule has 0 aliphatic heterocycles. The zero-order chi connectivity index (χ0) is 10.4. The number of nitrogens with two attached hydrogens (primary N) is 2. The van der Waals surface area contributed by atoms with Gasteiger partial charge in [0.05, 0.1) is 12.6 Å². The van der Waals surface area contributed by atoms with Crippen molar-refractivity contribution >= 4 is 0 Å². The molecule has 1 atom stereocenters. The summed E-state index contributed by atoms with van der Waals surface area (Å²) >= 11 is 0. The average molecular weight is 194 g/mol. The predicted molar refractivity (Wildman–Crippen MR) is 58.0 cm³/mol. The molecule has 14 heavy (non-hydrogen) atoms. The van der Waals surface area contributed by atoms with E-state index >= 15 is 0 Å². The molecule has 0 aliphatic rings. The van der Waals surface area contributed by atoms with E-state index in [9.17, 15) is 0 Å². The van der Waals surface area contributed by atoms with Crippen LogP contribution in [-0.2, 0) is 11.2 Å². The molecule has 4 N–H and O–H groups in total. The van der Waals surface area contributed by atoms with Crippen LogP contribution in [0.1, 0.15) is 17.2 Å². The Morgan fingerprint density at radius 1 is 1.36 bits per heavy atom. The topological polar surface area (TPSA) is 61.3 Å². The van der Waals surface area contributed by atoms with Gasteiger partial charge in [0.2, 0.25) is 0 Å². The van der Waals surface area contributed by atoms with Crippen LogP contribution in [0.4, 0.5) is 0 Å². The fourth-order valence-corrected chi connectivity index (χ4v) is 1.55. The van der Waals surface area contributed by atoms with Gasteiger partial charge < -0.3 is 16.2 Å². The molecular weight excluding hydrogens is 176 g/mol. The van der Waals surface area contributed by atoms with Crippen LogP contribution >= 0.6 is 0 Å². The third kappa shape index (κ3) is 2.80. The van der Waals surface area contributed by atoms with Gasteiger partial charge in [-0.15, -0.1) is 0 Å². The summed E-state index contributed by atoms with van der Waals surface area (Å²) in [5.41, 5.74) is 13.9. The van der Waals surface area contributed by atoms with Gasteiger partial charge in [-0.1, -0.05) is 24.3 Å². The van der Waals surface area contributed by atoms with E-state index in [4.69, 9.17) is 16.2 Å². The van der Waals surface area contributed by atoms with Crippen molar-refractivity contribution in [1.29, 1.82) is 0 Å². The second-order valence-electron chi connectivity index (χ2n) is 3.30. The number of ether oxygens (including phenoxy) is 1.